The number of amides is 1. The average molecular weight is 355 g/mol. The highest BCUT2D eigenvalue weighted by atomic mass is 16.5. The second-order valence-electron chi connectivity index (χ2n) is 5.92. The number of rotatable bonds is 5. The smallest absolute Gasteiger partial charge is 0.338 e. The zero-order chi connectivity index (χ0) is 18.5. The summed E-state index contributed by atoms with van der Waals surface area (Å²) in [5.74, 6) is 0.138. The summed E-state index contributed by atoms with van der Waals surface area (Å²) in [6.07, 6.45) is 1.85. The molecule has 0 atom stereocenters. The van der Waals surface area contributed by atoms with Gasteiger partial charge in [0, 0.05) is 12.2 Å². The zero-order valence-electron chi connectivity index (χ0n) is 14.9. The van der Waals surface area contributed by atoms with Crippen molar-refractivity contribution in [2.24, 2.45) is 0 Å². The topological polar surface area (TPSA) is 65.1 Å². The number of carbonyl (C=O) groups excluding carboxylic acids is 2. The fraction of sp³-hybridized carbons (Fsp3) is 0.300. The van der Waals surface area contributed by atoms with E-state index in [1.165, 1.54) is 20.3 Å². The van der Waals surface area contributed by atoms with Crippen LogP contribution < -0.4 is 14.4 Å². The van der Waals surface area contributed by atoms with Gasteiger partial charge in [-0.15, -0.1) is 0 Å². The number of aryl methyl sites for hydroxylation is 1. The Hall–Kier alpha value is -3.02. The molecule has 3 rings (SSSR count). The van der Waals surface area contributed by atoms with E-state index in [2.05, 4.69) is 0 Å². The van der Waals surface area contributed by atoms with Crippen molar-refractivity contribution in [3.05, 3.63) is 53.6 Å². The summed E-state index contributed by atoms with van der Waals surface area (Å²) in [5, 5.41) is 0. The van der Waals surface area contributed by atoms with Gasteiger partial charge in [0.25, 0.3) is 5.91 Å². The van der Waals surface area contributed by atoms with Crippen molar-refractivity contribution in [1.29, 1.82) is 0 Å². The first kappa shape index (κ1) is 17.8. The lowest BCUT2D eigenvalue weighted by molar-refractivity contribution is -0.121. The molecule has 1 aliphatic rings. The summed E-state index contributed by atoms with van der Waals surface area (Å²) >= 11 is 0. The zero-order valence-corrected chi connectivity index (χ0v) is 14.9. The molecular formula is C20H21NO5. The number of benzene rings is 2. The molecule has 0 saturated carbocycles. The number of methoxy groups -OCH3 is 2. The minimum atomic E-state index is -0.579. The van der Waals surface area contributed by atoms with Crippen molar-refractivity contribution in [2.75, 3.05) is 32.3 Å². The quantitative estimate of drug-likeness (QED) is 0.772. The number of anilines is 1. The highest BCUT2D eigenvalue weighted by Gasteiger charge is 2.23. The first-order chi connectivity index (χ1) is 12.6. The molecule has 2 aromatic carbocycles. The Morgan fingerprint density at radius 2 is 1.81 bits per heavy atom. The molecule has 0 unspecified atom stereocenters. The third-order valence-corrected chi connectivity index (χ3v) is 4.36. The predicted molar refractivity (Wildman–Crippen MR) is 96.9 cm³/mol. The largest absolute Gasteiger partial charge is 0.493 e. The Bertz CT molecular complexity index is 818. The normalized spacial score (nSPS) is 12.9. The van der Waals surface area contributed by atoms with Crippen LogP contribution in [-0.2, 0) is 16.0 Å². The molecule has 26 heavy (non-hydrogen) atoms. The van der Waals surface area contributed by atoms with Gasteiger partial charge < -0.3 is 19.1 Å². The summed E-state index contributed by atoms with van der Waals surface area (Å²) in [6, 6.07) is 12.5. The van der Waals surface area contributed by atoms with Crippen LogP contribution in [0.4, 0.5) is 5.69 Å². The lowest BCUT2D eigenvalue weighted by atomic mass is 10.0. The van der Waals surface area contributed by atoms with E-state index >= 15 is 0 Å². The van der Waals surface area contributed by atoms with Gasteiger partial charge in [-0.05, 0) is 42.7 Å². The van der Waals surface area contributed by atoms with Gasteiger partial charge in [0.2, 0.25) is 0 Å². The fourth-order valence-corrected chi connectivity index (χ4v) is 3.04. The summed E-state index contributed by atoms with van der Waals surface area (Å²) in [5.41, 5.74) is 2.33. The number of fused-ring (bicyclic) bond motifs is 1. The molecule has 1 heterocycles. The van der Waals surface area contributed by atoms with Crippen LogP contribution in [0.5, 0.6) is 11.5 Å². The summed E-state index contributed by atoms with van der Waals surface area (Å²) in [6.45, 7) is 0.325. The number of esters is 1. The molecule has 0 bridgehead atoms. The Balaban J connectivity index is 1.66. The molecule has 6 nitrogen and oxygen atoms in total. The molecule has 0 N–H and O–H groups in total. The molecule has 1 aliphatic heterocycles. The summed E-state index contributed by atoms with van der Waals surface area (Å²) in [7, 11) is 3.01. The first-order valence-corrected chi connectivity index (χ1v) is 8.41. The molecule has 2 aromatic rings. The van der Waals surface area contributed by atoms with Gasteiger partial charge in [-0.2, -0.15) is 0 Å². The van der Waals surface area contributed by atoms with E-state index in [4.69, 9.17) is 14.2 Å². The standard InChI is InChI=1S/C20H21NO5/c1-24-17-10-9-15(12-18(17)25-2)20(23)26-13-19(22)21-11-5-7-14-6-3-4-8-16(14)21/h3-4,6,8-10,12H,5,7,11,13H2,1-2H3. The molecule has 136 valence electrons. The third-order valence-electron chi connectivity index (χ3n) is 4.36. The van der Waals surface area contributed by atoms with Crippen LogP contribution in [0.25, 0.3) is 0 Å². The fourth-order valence-electron chi connectivity index (χ4n) is 3.04. The van der Waals surface area contributed by atoms with Gasteiger partial charge in [-0.25, -0.2) is 4.79 Å². The third kappa shape index (κ3) is 3.64. The van der Waals surface area contributed by atoms with Gasteiger partial charge in [0.15, 0.2) is 18.1 Å². The number of carbonyl (C=O) groups is 2. The maximum Gasteiger partial charge on any atom is 0.338 e. The molecule has 0 aliphatic carbocycles. The Kier molecular flexibility index (Phi) is 5.41. The number of para-hydroxylation sites is 1. The number of nitrogens with zero attached hydrogens (tertiary/aromatic N) is 1. The van der Waals surface area contributed by atoms with Gasteiger partial charge in [0.05, 0.1) is 19.8 Å². The SMILES string of the molecule is COc1ccc(C(=O)OCC(=O)N2CCCc3ccccc32)cc1OC. The number of ether oxygens (including phenoxy) is 3. The molecule has 0 fully saturated rings. The molecule has 0 aromatic heterocycles. The van der Waals surface area contributed by atoms with E-state index in [1.54, 1.807) is 17.0 Å². The van der Waals surface area contributed by atoms with Crippen LogP contribution in [0, 0.1) is 0 Å². The van der Waals surface area contributed by atoms with Crippen LogP contribution in [0.15, 0.2) is 42.5 Å². The Morgan fingerprint density at radius 1 is 1.04 bits per heavy atom. The molecular weight excluding hydrogens is 334 g/mol. The molecule has 6 heteroatoms. The number of hydrogen-bond donors (Lipinski definition) is 0. The maximum absolute atomic E-state index is 12.5. The second-order valence-corrected chi connectivity index (χ2v) is 5.92. The van der Waals surface area contributed by atoms with Crippen LogP contribution in [0.2, 0.25) is 0 Å². The minimum Gasteiger partial charge on any atom is -0.493 e. The molecule has 0 saturated heterocycles. The molecule has 0 spiro atoms. The van der Waals surface area contributed by atoms with Crippen LogP contribution >= 0.6 is 0 Å². The van der Waals surface area contributed by atoms with Crippen molar-refractivity contribution in [3.63, 3.8) is 0 Å². The average Bonchev–Trinajstić information content (AvgIpc) is 2.70. The lowest BCUT2D eigenvalue weighted by Crippen LogP contribution is -2.38. The van der Waals surface area contributed by atoms with E-state index in [1.807, 2.05) is 24.3 Å². The second kappa shape index (κ2) is 7.91. The summed E-state index contributed by atoms with van der Waals surface area (Å²) in [4.78, 5) is 26.5. The van der Waals surface area contributed by atoms with Gasteiger partial charge in [-0.3, -0.25) is 4.79 Å². The lowest BCUT2D eigenvalue weighted by Gasteiger charge is -2.29. The van der Waals surface area contributed by atoms with Crippen molar-refractivity contribution in [1.82, 2.24) is 0 Å². The van der Waals surface area contributed by atoms with Crippen molar-refractivity contribution in [2.45, 2.75) is 12.8 Å². The Labute approximate surface area is 152 Å². The Morgan fingerprint density at radius 3 is 2.58 bits per heavy atom. The first-order valence-electron chi connectivity index (χ1n) is 8.41. The monoisotopic (exact) mass is 355 g/mol. The van der Waals surface area contributed by atoms with Crippen molar-refractivity contribution in [3.8, 4) is 11.5 Å². The summed E-state index contributed by atoms with van der Waals surface area (Å²) < 4.78 is 15.5. The van der Waals surface area contributed by atoms with Gasteiger partial charge in [0.1, 0.15) is 0 Å². The van der Waals surface area contributed by atoms with E-state index in [9.17, 15) is 9.59 Å². The molecule has 1 amide bonds. The van der Waals surface area contributed by atoms with Crippen LogP contribution in [0.3, 0.4) is 0 Å². The highest BCUT2D eigenvalue weighted by molar-refractivity contribution is 5.98. The highest BCUT2D eigenvalue weighted by Crippen LogP contribution is 2.28. The van der Waals surface area contributed by atoms with E-state index in [0.717, 1.165) is 24.1 Å². The van der Waals surface area contributed by atoms with E-state index in [0.29, 0.717) is 23.6 Å². The van der Waals surface area contributed by atoms with E-state index in [-0.39, 0.29) is 12.5 Å². The minimum absolute atomic E-state index is 0.231. The van der Waals surface area contributed by atoms with Crippen molar-refractivity contribution >= 4 is 17.6 Å². The molecule has 0 radical (unpaired) electrons. The van der Waals surface area contributed by atoms with Gasteiger partial charge >= 0.3 is 5.97 Å². The predicted octanol–water partition coefficient (Wildman–Crippen LogP) is 2.84. The maximum atomic E-state index is 12.5. The number of hydrogen-bond acceptors (Lipinski definition) is 5. The van der Waals surface area contributed by atoms with E-state index < -0.39 is 5.97 Å². The van der Waals surface area contributed by atoms with Crippen LogP contribution in [0.1, 0.15) is 22.3 Å². The van der Waals surface area contributed by atoms with Gasteiger partial charge in [-0.1, -0.05) is 18.2 Å². The van der Waals surface area contributed by atoms with Crippen molar-refractivity contribution < 1.29 is 23.8 Å². The van der Waals surface area contributed by atoms with Crippen LogP contribution in [-0.4, -0.2) is 39.2 Å².